The second kappa shape index (κ2) is 5.35. The van der Waals surface area contributed by atoms with Crippen LogP contribution in [0.3, 0.4) is 0 Å². The average Bonchev–Trinajstić information content (AvgIpc) is 1.99. The topological polar surface area (TPSA) is 63.6 Å². The van der Waals surface area contributed by atoms with Crippen molar-refractivity contribution >= 4 is 11.9 Å². The molecule has 0 aliphatic rings. The largest absolute Gasteiger partial charge is 0.481 e. The number of esters is 1. The minimum atomic E-state index is -0.895. The number of rotatable bonds is 4. The third-order valence-electron chi connectivity index (χ3n) is 1.27. The van der Waals surface area contributed by atoms with Crippen molar-refractivity contribution in [1.29, 1.82) is 0 Å². The predicted octanol–water partition coefficient (Wildman–Crippen LogP) is 0.970. The Morgan fingerprint density at radius 3 is 2.50 bits per heavy atom. The monoisotopic (exact) mass is 172 g/mol. The van der Waals surface area contributed by atoms with E-state index in [0.29, 0.717) is 5.57 Å². The van der Waals surface area contributed by atoms with Crippen molar-refractivity contribution in [2.75, 3.05) is 7.11 Å². The molecule has 1 N–H and O–H groups in total. The molecule has 0 atom stereocenters. The molecule has 12 heavy (non-hydrogen) atoms. The van der Waals surface area contributed by atoms with Gasteiger partial charge in [0.2, 0.25) is 0 Å². The average molecular weight is 172 g/mol. The molecule has 0 aliphatic carbocycles. The summed E-state index contributed by atoms with van der Waals surface area (Å²) in [5, 5.41) is 8.35. The lowest BCUT2D eigenvalue weighted by molar-refractivity contribution is -0.140. The summed E-state index contributed by atoms with van der Waals surface area (Å²) in [6, 6.07) is 0. The van der Waals surface area contributed by atoms with Crippen molar-refractivity contribution < 1.29 is 19.4 Å². The zero-order valence-corrected chi connectivity index (χ0v) is 7.16. The number of methoxy groups -OCH3 is 1. The molecule has 0 aromatic rings. The van der Waals surface area contributed by atoms with Crippen LogP contribution in [0.2, 0.25) is 0 Å². The molecule has 0 aromatic carbocycles. The normalized spacial score (nSPS) is 11.0. The van der Waals surface area contributed by atoms with E-state index in [0.717, 1.165) is 0 Å². The molecule has 0 rings (SSSR count). The SMILES string of the molecule is COC(=O)C/C=C(\C)CC(=O)O. The molecule has 4 nitrogen and oxygen atoms in total. The summed E-state index contributed by atoms with van der Waals surface area (Å²) in [5.74, 6) is -1.26. The number of ether oxygens (including phenoxy) is 1. The van der Waals surface area contributed by atoms with Gasteiger partial charge < -0.3 is 9.84 Å². The van der Waals surface area contributed by atoms with E-state index in [9.17, 15) is 9.59 Å². The fourth-order valence-corrected chi connectivity index (χ4v) is 0.652. The summed E-state index contributed by atoms with van der Waals surface area (Å²) >= 11 is 0. The molecule has 0 saturated heterocycles. The first kappa shape index (κ1) is 10.7. The quantitative estimate of drug-likeness (QED) is 0.507. The number of hydrogen-bond donors (Lipinski definition) is 1. The van der Waals surface area contributed by atoms with Crippen molar-refractivity contribution in [3.05, 3.63) is 11.6 Å². The highest BCUT2D eigenvalue weighted by atomic mass is 16.5. The fourth-order valence-electron chi connectivity index (χ4n) is 0.652. The van der Waals surface area contributed by atoms with Gasteiger partial charge in [0.05, 0.1) is 20.0 Å². The van der Waals surface area contributed by atoms with Gasteiger partial charge in [-0.1, -0.05) is 11.6 Å². The molecule has 0 saturated carbocycles. The third-order valence-corrected chi connectivity index (χ3v) is 1.27. The van der Waals surface area contributed by atoms with E-state index in [2.05, 4.69) is 4.74 Å². The Balaban J connectivity index is 3.84. The first-order valence-corrected chi connectivity index (χ1v) is 3.50. The zero-order valence-electron chi connectivity index (χ0n) is 7.16. The van der Waals surface area contributed by atoms with Gasteiger partial charge in [0.25, 0.3) is 0 Å². The molecule has 0 bridgehead atoms. The predicted molar refractivity (Wildman–Crippen MR) is 42.6 cm³/mol. The molecule has 0 unspecified atom stereocenters. The van der Waals surface area contributed by atoms with Gasteiger partial charge >= 0.3 is 11.9 Å². The Labute approximate surface area is 70.8 Å². The van der Waals surface area contributed by atoms with Gasteiger partial charge in [-0.15, -0.1) is 0 Å². The Morgan fingerprint density at radius 1 is 1.50 bits per heavy atom. The van der Waals surface area contributed by atoms with Crippen LogP contribution in [0, 0.1) is 0 Å². The maximum atomic E-state index is 10.6. The third kappa shape index (κ3) is 5.46. The van der Waals surface area contributed by atoms with E-state index in [1.165, 1.54) is 7.11 Å². The number of carbonyl (C=O) groups excluding carboxylic acids is 1. The van der Waals surface area contributed by atoms with Crippen LogP contribution in [-0.4, -0.2) is 24.2 Å². The molecule has 0 aromatic heterocycles. The number of aliphatic carboxylic acids is 1. The number of carboxylic acid groups (broad SMARTS) is 1. The van der Waals surface area contributed by atoms with Crippen LogP contribution in [0.15, 0.2) is 11.6 Å². The van der Waals surface area contributed by atoms with Crippen LogP contribution in [0.1, 0.15) is 19.8 Å². The number of hydrogen-bond acceptors (Lipinski definition) is 3. The standard InChI is InChI=1S/C8H12O4/c1-6(5-7(9)10)3-4-8(11)12-2/h3H,4-5H2,1-2H3,(H,9,10)/b6-3+. The lowest BCUT2D eigenvalue weighted by Crippen LogP contribution is -1.99. The van der Waals surface area contributed by atoms with E-state index in [1.54, 1.807) is 13.0 Å². The first-order valence-electron chi connectivity index (χ1n) is 3.50. The summed E-state index contributed by atoms with van der Waals surface area (Å²) in [6.45, 7) is 1.66. The molecular formula is C8H12O4. The second-order valence-electron chi connectivity index (χ2n) is 2.40. The van der Waals surface area contributed by atoms with Crippen LogP contribution in [0.5, 0.6) is 0 Å². The Kier molecular flexibility index (Phi) is 4.76. The Bertz CT molecular complexity index is 205. The van der Waals surface area contributed by atoms with Gasteiger partial charge in [0.15, 0.2) is 0 Å². The Hall–Kier alpha value is -1.32. The van der Waals surface area contributed by atoms with Crippen molar-refractivity contribution in [1.82, 2.24) is 0 Å². The lowest BCUT2D eigenvalue weighted by Gasteiger charge is -1.96. The van der Waals surface area contributed by atoms with Crippen LogP contribution in [0.25, 0.3) is 0 Å². The van der Waals surface area contributed by atoms with Gasteiger partial charge in [0, 0.05) is 0 Å². The van der Waals surface area contributed by atoms with E-state index >= 15 is 0 Å². The van der Waals surface area contributed by atoms with Gasteiger partial charge in [0.1, 0.15) is 0 Å². The Morgan fingerprint density at radius 2 is 2.08 bits per heavy atom. The van der Waals surface area contributed by atoms with Crippen LogP contribution in [0.4, 0.5) is 0 Å². The molecule has 0 radical (unpaired) electrons. The fraction of sp³-hybridized carbons (Fsp3) is 0.500. The van der Waals surface area contributed by atoms with E-state index < -0.39 is 5.97 Å². The highest BCUT2D eigenvalue weighted by molar-refractivity contribution is 5.72. The summed E-state index contributed by atoms with van der Waals surface area (Å²) in [6.07, 6.45) is 1.66. The minimum Gasteiger partial charge on any atom is -0.481 e. The molecule has 0 heterocycles. The second-order valence-corrected chi connectivity index (χ2v) is 2.40. The molecule has 0 aliphatic heterocycles. The maximum absolute atomic E-state index is 10.6. The van der Waals surface area contributed by atoms with Crippen LogP contribution >= 0.6 is 0 Å². The number of carbonyl (C=O) groups is 2. The summed E-state index contributed by atoms with van der Waals surface area (Å²) in [4.78, 5) is 20.8. The van der Waals surface area contributed by atoms with Gasteiger partial charge in [-0.2, -0.15) is 0 Å². The molecule has 0 amide bonds. The highest BCUT2D eigenvalue weighted by Gasteiger charge is 2.00. The van der Waals surface area contributed by atoms with Crippen LogP contribution < -0.4 is 0 Å². The lowest BCUT2D eigenvalue weighted by atomic mass is 10.2. The summed E-state index contributed by atoms with van der Waals surface area (Å²) < 4.78 is 4.37. The van der Waals surface area contributed by atoms with Crippen molar-refractivity contribution in [2.45, 2.75) is 19.8 Å². The van der Waals surface area contributed by atoms with Gasteiger partial charge in [-0.05, 0) is 6.92 Å². The highest BCUT2D eigenvalue weighted by Crippen LogP contribution is 2.01. The zero-order chi connectivity index (χ0) is 9.56. The van der Waals surface area contributed by atoms with E-state index in [-0.39, 0.29) is 18.8 Å². The summed E-state index contributed by atoms with van der Waals surface area (Å²) in [5.41, 5.74) is 0.660. The maximum Gasteiger partial charge on any atom is 0.309 e. The molecule has 4 heteroatoms. The molecular weight excluding hydrogens is 160 g/mol. The molecule has 68 valence electrons. The minimum absolute atomic E-state index is 0.0308. The number of carboxylic acids is 1. The molecule has 0 fully saturated rings. The van der Waals surface area contributed by atoms with E-state index in [1.807, 2.05) is 0 Å². The molecule has 0 spiro atoms. The van der Waals surface area contributed by atoms with Gasteiger partial charge in [-0.25, -0.2) is 0 Å². The first-order chi connectivity index (χ1) is 5.56. The van der Waals surface area contributed by atoms with Crippen LogP contribution in [-0.2, 0) is 14.3 Å². The van der Waals surface area contributed by atoms with Crippen molar-refractivity contribution in [2.24, 2.45) is 0 Å². The van der Waals surface area contributed by atoms with Gasteiger partial charge in [-0.3, -0.25) is 9.59 Å². The smallest absolute Gasteiger partial charge is 0.309 e. The van der Waals surface area contributed by atoms with E-state index in [4.69, 9.17) is 5.11 Å². The van der Waals surface area contributed by atoms with Crippen molar-refractivity contribution in [3.8, 4) is 0 Å². The summed E-state index contributed by atoms with van der Waals surface area (Å²) in [7, 11) is 1.29. The van der Waals surface area contributed by atoms with Crippen molar-refractivity contribution in [3.63, 3.8) is 0 Å².